The summed E-state index contributed by atoms with van der Waals surface area (Å²) in [6, 6.07) is 0.507. The van der Waals surface area contributed by atoms with Crippen LogP contribution in [0.3, 0.4) is 0 Å². The highest BCUT2D eigenvalue weighted by Crippen LogP contribution is 2.11. The molecule has 1 aliphatic heterocycles. The molecule has 0 amide bonds. The van der Waals surface area contributed by atoms with Gasteiger partial charge in [-0.25, -0.2) is 8.42 Å². The van der Waals surface area contributed by atoms with Gasteiger partial charge in [-0.15, -0.1) is 0 Å². The van der Waals surface area contributed by atoms with Crippen LogP contribution in [0.5, 0.6) is 0 Å². The molecule has 1 aliphatic rings. The molecule has 1 atom stereocenters. The molecule has 0 radical (unpaired) electrons. The molecule has 5 heteroatoms. The van der Waals surface area contributed by atoms with E-state index in [0.717, 1.165) is 6.54 Å². The van der Waals surface area contributed by atoms with E-state index in [4.69, 9.17) is 0 Å². The van der Waals surface area contributed by atoms with Crippen LogP contribution >= 0.6 is 0 Å². The Kier molecular flexibility index (Phi) is 6.60. The predicted molar refractivity (Wildman–Crippen MR) is 76.7 cm³/mol. The third-order valence-corrected chi connectivity index (χ3v) is 5.94. The van der Waals surface area contributed by atoms with Gasteiger partial charge in [-0.1, -0.05) is 6.42 Å². The van der Waals surface area contributed by atoms with Crippen molar-refractivity contribution in [3.8, 4) is 0 Å². The van der Waals surface area contributed by atoms with E-state index >= 15 is 0 Å². The van der Waals surface area contributed by atoms with Gasteiger partial charge in [0.2, 0.25) is 0 Å². The molecule has 1 fully saturated rings. The maximum Gasteiger partial charge on any atom is 0.153 e. The summed E-state index contributed by atoms with van der Waals surface area (Å²) in [7, 11) is -2.90. The van der Waals surface area contributed by atoms with Gasteiger partial charge in [-0.05, 0) is 46.7 Å². The van der Waals surface area contributed by atoms with E-state index in [-0.39, 0.29) is 11.0 Å². The molecule has 0 aromatic heterocycles. The second kappa shape index (κ2) is 7.46. The van der Waals surface area contributed by atoms with Crippen molar-refractivity contribution in [2.24, 2.45) is 0 Å². The number of sulfone groups is 1. The lowest BCUT2D eigenvalue weighted by Crippen LogP contribution is -2.44. The van der Waals surface area contributed by atoms with E-state index in [9.17, 15) is 8.42 Å². The van der Waals surface area contributed by atoms with Gasteiger partial charge in [0.25, 0.3) is 0 Å². The van der Waals surface area contributed by atoms with Gasteiger partial charge >= 0.3 is 0 Å². The first-order valence-corrected chi connectivity index (χ1v) is 8.81. The molecule has 0 aromatic rings. The maximum absolute atomic E-state index is 11.6. The fraction of sp³-hybridized carbons (Fsp3) is 1.00. The molecule has 1 saturated heterocycles. The zero-order chi connectivity index (χ0) is 13.6. The van der Waals surface area contributed by atoms with E-state index < -0.39 is 9.84 Å². The first-order chi connectivity index (χ1) is 8.43. The van der Waals surface area contributed by atoms with Gasteiger partial charge in [-0.2, -0.15) is 0 Å². The van der Waals surface area contributed by atoms with Gasteiger partial charge in [0.15, 0.2) is 9.84 Å². The lowest BCUT2D eigenvalue weighted by atomic mass is 10.1. The van der Waals surface area contributed by atoms with Crippen LogP contribution in [0.4, 0.5) is 0 Å². The standard InChI is InChI=1S/C13H28N2O2S/c1-12(2)18(16,17)10-7-14-11-13(3)15-8-5-4-6-9-15/h12-14H,4-11H2,1-3H3. The Hall–Kier alpha value is -0.130. The molecule has 0 saturated carbocycles. The van der Waals surface area contributed by atoms with Crippen LogP contribution in [0.1, 0.15) is 40.0 Å². The monoisotopic (exact) mass is 276 g/mol. The Balaban J connectivity index is 2.17. The van der Waals surface area contributed by atoms with Crippen molar-refractivity contribution in [2.75, 3.05) is 31.9 Å². The summed E-state index contributed by atoms with van der Waals surface area (Å²) in [4.78, 5) is 2.49. The SMILES string of the molecule is CC(CNCCS(=O)(=O)C(C)C)N1CCCCC1. The molecule has 18 heavy (non-hydrogen) atoms. The Morgan fingerprint density at radius 3 is 2.28 bits per heavy atom. The number of hydrogen-bond acceptors (Lipinski definition) is 4. The third kappa shape index (κ3) is 5.24. The number of piperidine rings is 1. The Labute approximate surface area is 112 Å². The highest BCUT2D eigenvalue weighted by molar-refractivity contribution is 7.92. The van der Waals surface area contributed by atoms with Crippen LogP contribution in [-0.4, -0.2) is 56.5 Å². The summed E-state index contributed by atoms with van der Waals surface area (Å²) in [6.45, 7) is 9.53. The van der Waals surface area contributed by atoms with Crippen LogP contribution in [0, 0.1) is 0 Å². The third-order valence-electron chi connectivity index (χ3n) is 3.74. The summed E-state index contributed by atoms with van der Waals surface area (Å²) >= 11 is 0. The zero-order valence-electron chi connectivity index (χ0n) is 12.0. The molecule has 1 unspecified atom stereocenters. The predicted octanol–water partition coefficient (Wildman–Crippen LogP) is 1.27. The molecule has 0 aliphatic carbocycles. The van der Waals surface area contributed by atoms with Gasteiger partial charge in [-0.3, -0.25) is 4.90 Å². The fourth-order valence-corrected chi connectivity index (χ4v) is 3.15. The molecule has 0 bridgehead atoms. The number of rotatable bonds is 7. The van der Waals surface area contributed by atoms with Crippen LogP contribution in [0.2, 0.25) is 0 Å². The van der Waals surface area contributed by atoms with Crippen molar-refractivity contribution < 1.29 is 8.42 Å². The molecule has 1 N–H and O–H groups in total. The summed E-state index contributed by atoms with van der Waals surface area (Å²) < 4.78 is 23.3. The fourth-order valence-electron chi connectivity index (χ4n) is 2.25. The van der Waals surface area contributed by atoms with E-state index in [0.29, 0.717) is 12.6 Å². The molecular formula is C13H28N2O2S. The average Bonchev–Trinajstić information content (AvgIpc) is 2.35. The molecule has 0 aromatic carbocycles. The molecule has 108 valence electrons. The Morgan fingerprint density at radius 2 is 1.72 bits per heavy atom. The highest BCUT2D eigenvalue weighted by Gasteiger charge is 2.17. The quantitative estimate of drug-likeness (QED) is 0.712. The second-order valence-electron chi connectivity index (χ2n) is 5.57. The summed E-state index contributed by atoms with van der Waals surface area (Å²) in [5.41, 5.74) is 0. The first-order valence-electron chi connectivity index (χ1n) is 7.10. The minimum atomic E-state index is -2.90. The lowest BCUT2D eigenvalue weighted by Gasteiger charge is -2.32. The molecule has 0 spiro atoms. The van der Waals surface area contributed by atoms with E-state index in [1.165, 1.54) is 32.4 Å². The van der Waals surface area contributed by atoms with Crippen molar-refractivity contribution in [2.45, 2.75) is 51.3 Å². The molecule has 4 nitrogen and oxygen atoms in total. The van der Waals surface area contributed by atoms with E-state index in [1.807, 2.05) is 0 Å². The van der Waals surface area contributed by atoms with Crippen molar-refractivity contribution in [3.63, 3.8) is 0 Å². The van der Waals surface area contributed by atoms with Gasteiger partial charge in [0, 0.05) is 19.1 Å². The topological polar surface area (TPSA) is 49.4 Å². The average molecular weight is 276 g/mol. The lowest BCUT2D eigenvalue weighted by molar-refractivity contribution is 0.171. The minimum absolute atomic E-state index is 0.247. The largest absolute Gasteiger partial charge is 0.314 e. The van der Waals surface area contributed by atoms with Crippen LogP contribution in [-0.2, 0) is 9.84 Å². The van der Waals surface area contributed by atoms with Crippen molar-refractivity contribution in [3.05, 3.63) is 0 Å². The summed E-state index contributed by atoms with van der Waals surface area (Å²) in [5.74, 6) is 0.247. The zero-order valence-corrected chi connectivity index (χ0v) is 12.8. The number of likely N-dealkylation sites (tertiary alicyclic amines) is 1. The second-order valence-corrected chi connectivity index (χ2v) is 8.24. The highest BCUT2D eigenvalue weighted by atomic mass is 32.2. The van der Waals surface area contributed by atoms with Gasteiger partial charge < -0.3 is 5.32 Å². The van der Waals surface area contributed by atoms with Crippen molar-refractivity contribution in [1.82, 2.24) is 10.2 Å². The number of hydrogen-bond donors (Lipinski definition) is 1. The molecular weight excluding hydrogens is 248 g/mol. The van der Waals surface area contributed by atoms with Crippen LogP contribution < -0.4 is 5.32 Å². The molecule has 1 heterocycles. The minimum Gasteiger partial charge on any atom is -0.314 e. The summed E-state index contributed by atoms with van der Waals surface area (Å²) in [5, 5.41) is 3.01. The van der Waals surface area contributed by atoms with Crippen LogP contribution in [0.25, 0.3) is 0 Å². The van der Waals surface area contributed by atoms with Crippen molar-refractivity contribution >= 4 is 9.84 Å². The van der Waals surface area contributed by atoms with Gasteiger partial charge in [0.1, 0.15) is 0 Å². The first kappa shape index (κ1) is 15.9. The Bertz CT molecular complexity index is 322. The number of nitrogens with zero attached hydrogens (tertiary/aromatic N) is 1. The Morgan fingerprint density at radius 1 is 1.11 bits per heavy atom. The number of nitrogens with one attached hydrogen (secondary N) is 1. The smallest absolute Gasteiger partial charge is 0.153 e. The van der Waals surface area contributed by atoms with Crippen LogP contribution in [0.15, 0.2) is 0 Å². The van der Waals surface area contributed by atoms with E-state index in [1.54, 1.807) is 13.8 Å². The maximum atomic E-state index is 11.6. The van der Waals surface area contributed by atoms with Crippen molar-refractivity contribution in [1.29, 1.82) is 0 Å². The van der Waals surface area contributed by atoms with E-state index in [2.05, 4.69) is 17.1 Å². The molecule has 1 rings (SSSR count). The normalized spacial score (nSPS) is 20.2. The van der Waals surface area contributed by atoms with Gasteiger partial charge in [0.05, 0.1) is 11.0 Å². The summed E-state index contributed by atoms with van der Waals surface area (Å²) in [6.07, 6.45) is 3.95.